The molecule has 380 valence electrons. The number of rotatable bonds is 15. The number of hydrogen-bond acceptors (Lipinski definition) is 10. The van der Waals surface area contributed by atoms with E-state index in [-0.39, 0.29) is 48.1 Å². The molecule has 3 unspecified atom stereocenters. The molecule has 1 aliphatic heterocycles. The maximum atomic E-state index is 13.8. The van der Waals surface area contributed by atoms with Crippen LogP contribution >= 0.6 is 0 Å². The van der Waals surface area contributed by atoms with Crippen molar-refractivity contribution in [3.8, 4) is 34.1 Å². The van der Waals surface area contributed by atoms with Crippen LogP contribution in [0, 0.1) is 17.7 Å². The minimum Gasteiger partial charge on any atom is -0.508 e. The van der Waals surface area contributed by atoms with Gasteiger partial charge in [-0.1, -0.05) is 85.7 Å². The third-order valence-electron chi connectivity index (χ3n) is 14.8. The summed E-state index contributed by atoms with van der Waals surface area (Å²) in [6.07, 6.45) is 19.7. The monoisotopic (exact) mass is 980 g/mol. The topological polar surface area (TPSA) is 147 Å². The lowest BCUT2D eigenvalue weighted by atomic mass is 9.71. The Hall–Kier alpha value is -6.85. The van der Waals surface area contributed by atoms with E-state index >= 15 is 0 Å². The number of halogens is 1. The van der Waals surface area contributed by atoms with Crippen LogP contribution in [0.5, 0.6) is 23.0 Å². The molecule has 3 atom stereocenters. The van der Waals surface area contributed by atoms with Gasteiger partial charge >= 0.3 is 11.9 Å². The molecule has 9 rings (SSSR count). The molecular formula is C61H70FNO9. The molecule has 3 aliphatic carbocycles. The first-order valence-electron chi connectivity index (χ1n) is 25.2. The Morgan fingerprint density at radius 3 is 1.88 bits per heavy atom. The zero-order chi connectivity index (χ0) is 51.1. The number of benzene rings is 5. The van der Waals surface area contributed by atoms with Crippen molar-refractivity contribution in [1.82, 2.24) is 0 Å². The normalized spacial score (nSPS) is 17.1. The second-order valence-electron chi connectivity index (χ2n) is 19.1. The molecule has 0 radical (unpaired) electrons. The molecule has 1 heterocycles. The number of nitrogens with two attached hydrogens (primary N) is 1. The van der Waals surface area contributed by atoms with Gasteiger partial charge in [-0.2, -0.15) is 0 Å². The first kappa shape index (κ1) is 53.0. The van der Waals surface area contributed by atoms with Gasteiger partial charge in [0.1, 0.15) is 34.9 Å². The highest BCUT2D eigenvalue weighted by Crippen LogP contribution is 2.45. The number of phenols is 1. The highest BCUT2D eigenvalue weighted by atomic mass is 19.1. The lowest BCUT2D eigenvalue weighted by molar-refractivity contribution is -0.142. The first-order valence-corrected chi connectivity index (χ1v) is 25.2. The van der Waals surface area contributed by atoms with E-state index < -0.39 is 0 Å². The summed E-state index contributed by atoms with van der Waals surface area (Å²) in [5.41, 5.74) is 16.9. The smallest absolute Gasteiger partial charge is 0.306 e. The summed E-state index contributed by atoms with van der Waals surface area (Å²) < 4.78 is 40.6. The molecule has 0 bridgehead atoms. The van der Waals surface area contributed by atoms with Crippen molar-refractivity contribution in [1.29, 1.82) is 0 Å². The molecule has 11 heteroatoms. The van der Waals surface area contributed by atoms with Crippen molar-refractivity contribution >= 4 is 23.2 Å². The average molecular weight is 980 g/mol. The first-order chi connectivity index (χ1) is 34.9. The molecule has 0 spiro atoms. The molecule has 0 aromatic heterocycles. The van der Waals surface area contributed by atoms with Gasteiger partial charge in [-0.15, -0.1) is 0 Å². The van der Waals surface area contributed by atoms with Gasteiger partial charge in [0.15, 0.2) is 0 Å². The molecule has 10 nitrogen and oxygen atoms in total. The van der Waals surface area contributed by atoms with Crippen LogP contribution < -0.4 is 19.9 Å². The number of aryl methyl sites for hydroxylation is 1. The molecule has 4 N–H and O–H groups in total. The van der Waals surface area contributed by atoms with E-state index in [4.69, 9.17) is 34.5 Å². The fraction of sp³-hybridized carbons (Fsp3) is 0.377. The van der Waals surface area contributed by atoms with Crippen LogP contribution in [0.1, 0.15) is 129 Å². The largest absolute Gasteiger partial charge is 0.508 e. The van der Waals surface area contributed by atoms with E-state index in [1.54, 1.807) is 38.5 Å². The number of allylic oxidation sites excluding steroid dienone is 6. The maximum Gasteiger partial charge on any atom is 0.306 e. The predicted octanol–water partition coefficient (Wildman–Crippen LogP) is 13.3. The van der Waals surface area contributed by atoms with Crippen LogP contribution in [0.2, 0.25) is 0 Å². The molecular weight excluding hydrogens is 910 g/mol. The number of anilines is 1. The van der Waals surface area contributed by atoms with Crippen molar-refractivity contribution in [3.05, 3.63) is 166 Å². The second kappa shape index (κ2) is 25.5. The van der Waals surface area contributed by atoms with Crippen molar-refractivity contribution in [2.45, 2.75) is 109 Å². The summed E-state index contributed by atoms with van der Waals surface area (Å²) in [5.74, 6) is 3.27. The number of aromatic hydroxyl groups is 1. The fourth-order valence-corrected chi connectivity index (χ4v) is 10.0. The summed E-state index contributed by atoms with van der Waals surface area (Å²) >= 11 is 0. The molecule has 2 fully saturated rings. The minimum absolute atomic E-state index is 0.00258. The Balaban J connectivity index is 0.000000174. The fourth-order valence-electron chi connectivity index (χ4n) is 10.0. The Morgan fingerprint density at radius 2 is 1.33 bits per heavy atom. The Labute approximate surface area is 424 Å². The summed E-state index contributed by atoms with van der Waals surface area (Å²) in [7, 11) is 6.11. The Bertz CT molecular complexity index is 2740. The zero-order valence-corrected chi connectivity index (χ0v) is 42.3. The summed E-state index contributed by atoms with van der Waals surface area (Å²) in [5, 5.41) is 18.9. The highest BCUT2D eigenvalue weighted by molar-refractivity contribution is 5.78. The van der Waals surface area contributed by atoms with Crippen LogP contribution in [0.15, 0.2) is 127 Å². The quantitative estimate of drug-likeness (QED) is 0.0684. The molecule has 4 aliphatic rings. The zero-order valence-electron chi connectivity index (χ0n) is 42.3. The number of ether oxygens (including phenoxy) is 5. The summed E-state index contributed by atoms with van der Waals surface area (Å²) in [4.78, 5) is 23.6. The molecule has 5 aromatic rings. The SMILES string of the molecule is C/C=C/C1=CC=C(c2cc(OC)ccc2F)CC1.COC(=O)CC(c1ccc(CO)c(O)c1)C1CCC1.COC(=O)CC(c1ccc2c(c1)OC(c1ccc(-c3cc(OC)ccc3N)cc1)CC2)C1CCC1. The van der Waals surface area contributed by atoms with Gasteiger partial charge in [-0.3, -0.25) is 9.59 Å². The third-order valence-corrected chi connectivity index (χ3v) is 14.8. The molecule has 72 heavy (non-hydrogen) atoms. The number of methoxy groups -OCH3 is 4. The third kappa shape index (κ3) is 13.4. The van der Waals surface area contributed by atoms with E-state index in [9.17, 15) is 19.1 Å². The van der Waals surface area contributed by atoms with Gasteiger partial charge in [0.2, 0.25) is 0 Å². The number of nitrogen functional groups attached to an aromatic ring is 1. The molecule has 0 amide bonds. The average Bonchev–Trinajstić information content (AvgIpc) is 3.38. The predicted molar refractivity (Wildman–Crippen MR) is 281 cm³/mol. The van der Waals surface area contributed by atoms with Crippen LogP contribution in [0.4, 0.5) is 10.1 Å². The van der Waals surface area contributed by atoms with Gasteiger partial charge in [0.05, 0.1) is 47.9 Å². The molecule has 5 aromatic carbocycles. The van der Waals surface area contributed by atoms with Gasteiger partial charge in [0, 0.05) is 22.4 Å². The van der Waals surface area contributed by atoms with Crippen molar-refractivity contribution in [2.75, 3.05) is 34.2 Å². The number of carbonyl (C=O) groups is 2. The van der Waals surface area contributed by atoms with Gasteiger partial charge in [0.25, 0.3) is 0 Å². The van der Waals surface area contributed by atoms with Gasteiger partial charge in [-0.05, 0) is 169 Å². The summed E-state index contributed by atoms with van der Waals surface area (Å²) in [6.45, 7) is 1.82. The van der Waals surface area contributed by atoms with E-state index in [1.165, 1.54) is 62.7 Å². The lowest BCUT2D eigenvalue weighted by Crippen LogP contribution is -2.24. The number of hydrogen-bond donors (Lipinski definition) is 3. The lowest BCUT2D eigenvalue weighted by Gasteiger charge is -2.34. The van der Waals surface area contributed by atoms with E-state index in [0.29, 0.717) is 41.6 Å². The number of fused-ring (bicyclic) bond motifs is 1. The maximum absolute atomic E-state index is 13.8. The summed E-state index contributed by atoms with van der Waals surface area (Å²) in [6, 6.07) is 30.8. The minimum atomic E-state index is -0.220. The van der Waals surface area contributed by atoms with E-state index in [0.717, 1.165) is 83.5 Å². The van der Waals surface area contributed by atoms with Crippen molar-refractivity contribution < 1.29 is 47.9 Å². The highest BCUT2D eigenvalue weighted by Gasteiger charge is 2.33. The van der Waals surface area contributed by atoms with Crippen LogP contribution in [0.25, 0.3) is 16.7 Å². The van der Waals surface area contributed by atoms with Crippen LogP contribution in [-0.2, 0) is 32.1 Å². The number of aliphatic hydroxyl groups is 1. The van der Waals surface area contributed by atoms with Crippen molar-refractivity contribution in [3.63, 3.8) is 0 Å². The van der Waals surface area contributed by atoms with Crippen molar-refractivity contribution in [2.24, 2.45) is 11.8 Å². The Kier molecular flexibility index (Phi) is 18.8. The van der Waals surface area contributed by atoms with E-state index in [1.807, 2.05) is 43.3 Å². The second-order valence-corrected chi connectivity index (χ2v) is 19.1. The standard InChI is InChI=1S/C30H33NO4.C16H17FO.C15H20O4/c1-33-24-13-14-27(31)26(17-24)20-6-8-21(9-7-20)28-15-12-22-10-11-23(16-29(22)35-28)25(18-30(32)34-2)19-4-3-5-19;1-3-4-12-5-7-13(8-6-12)15-11-14(18-2)9-10-16(15)17;1-19-15(18)8-13(10-3-2-4-10)11-5-6-12(9-16)14(17)7-11/h6-11,13-14,16-17,19,25,28H,3-5,12,15,18,31H2,1-2H3;3-5,7,9-11H,6,8H2,1-2H3;5-7,10,13,16-17H,2-4,8-9H2,1H3/b;4-3+;. The number of aliphatic hydroxyl groups excluding tert-OH is 1. The number of esters is 2. The Morgan fingerprint density at radius 1 is 0.722 bits per heavy atom. The van der Waals surface area contributed by atoms with Gasteiger partial charge in [-0.25, -0.2) is 4.39 Å². The van der Waals surface area contributed by atoms with Crippen LogP contribution in [0.3, 0.4) is 0 Å². The van der Waals surface area contributed by atoms with E-state index in [2.05, 4.69) is 54.6 Å². The van der Waals surface area contributed by atoms with Gasteiger partial charge < -0.3 is 39.6 Å². The molecule has 0 saturated heterocycles. The van der Waals surface area contributed by atoms with Crippen LogP contribution in [-0.4, -0.2) is 50.6 Å². The molecule has 2 saturated carbocycles. The number of carbonyl (C=O) groups excluding carboxylic acids is 2.